The van der Waals surface area contributed by atoms with Gasteiger partial charge >= 0.3 is 0 Å². The Balaban J connectivity index is 1.66. The summed E-state index contributed by atoms with van der Waals surface area (Å²) < 4.78 is 27.7. The molecule has 138 valence electrons. The minimum atomic E-state index is -3.50. The fourth-order valence-corrected chi connectivity index (χ4v) is 5.65. The molecule has 1 saturated carbocycles. The van der Waals surface area contributed by atoms with E-state index < -0.39 is 10.0 Å². The van der Waals surface area contributed by atoms with Crippen molar-refractivity contribution in [2.75, 3.05) is 19.6 Å². The third-order valence-corrected chi connectivity index (χ3v) is 7.49. The number of sulfonamides is 1. The highest BCUT2D eigenvalue weighted by Crippen LogP contribution is 2.30. The zero-order valence-electron chi connectivity index (χ0n) is 15.3. The Morgan fingerprint density at radius 2 is 1.64 bits per heavy atom. The van der Waals surface area contributed by atoms with E-state index in [1.54, 1.807) is 4.31 Å². The number of aryl methyl sites for hydroxylation is 3. The fraction of sp³-hybridized carbons (Fsp3) is 0.632. The molecule has 6 heteroatoms. The van der Waals surface area contributed by atoms with Gasteiger partial charge in [0, 0.05) is 25.6 Å². The van der Waals surface area contributed by atoms with Crippen molar-refractivity contribution in [2.45, 2.75) is 51.3 Å². The van der Waals surface area contributed by atoms with Gasteiger partial charge in [-0.2, -0.15) is 4.31 Å². The maximum atomic E-state index is 13.1. The number of rotatable bonds is 5. The fourth-order valence-electron chi connectivity index (χ4n) is 3.77. The molecule has 1 amide bonds. The number of piperidine rings is 1. The highest BCUT2D eigenvalue weighted by atomic mass is 32.2. The van der Waals surface area contributed by atoms with Gasteiger partial charge in [-0.1, -0.05) is 17.7 Å². The molecular weight excluding hydrogens is 336 g/mol. The minimum Gasteiger partial charge on any atom is -0.356 e. The van der Waals surface area contributed by atoms with E-state index in [0.717, 1.165) is 23.2 Å². The Labute approximate surface area is 150 Å². The highest BCUT2D eigenvalue weighted by Gasteiger charge is 2.34. The topological polar surface area (TPSA) is 66.5 Å². The zero-order valence-corrected chi connectivity index (χ0v) is 16.2. The SMILES string of the molecule is Cc1cc(C)c(S(=O)(=O)N2CCC(C(=O)NCC3CC3)CC2)c(C)c1. The van der Waals surface area contributed by atoms with Crippen LogP contribution in [0.1, 0.15) is 42.4 Å². The van der Waals surface area contributed by atoms with Crippen molar-refractivity contribution in [3.63, 3.8) is 0 Å². The largest absolute Gasteiger partial charge is 0.356 e. The Bertz CT molecular complexity index is 738. The van der Waals surface area contributed by atoms with E-state index in [1.165, 1.54) is 12.8 Å². The Morgan fingerprint density at radius 3 is 2.16 bits per heavy atom. The second-order valence-electron chi connectivity index (χ2n) is 7.59. The molecule has 3 rings (SSSR count). The molecule has 5 nitrogen and oxygen atoms in total. The summed E-state index contributed by atoms with van der Waals surface area (Å²) in [6.07, 6.45) is 3.62. The lowest BCUT2D eigenvalue weighted by Gasteiger charge is -2.31. The van der Waals surface area contributed by atoms with Gasteiger partial charge in [-0.05, 0) is 63.5 Å². The van der Waals surface area contributed by atoms with E-state index in [0.29, 0.717) is 36.7 Å². The summed E-state index contributed by atoms with van der Waals surface area (Å²) in [7, 11) is -3.50. The van der Waals surface area contributed by atoms with E-state index in [4.69, 9.17) is 0 Å². The Kier molecular flexibility index (Phi) is 5.21. The van der Waals surface area contributed by atoms with Crippen LogP contribution in [0.4, 0.5) is 0 Å². The first-order valence-electron chi connectivity index (χ1n) is 9.14. The van der Waals surface area contributed by atoms with Crippen LogP contribution in [0.2, 0.25) is 0 Å². The second kappa shape index (κ2) is 7.08. The van der Waals surface area contributed by atoms with Crippen LogP contribution in [-0.2, 0) is 14.8 Å². The number of carbonyl (C=O) groups is 1. The third-order valence-electron chi connectivity index (χ3n) is 5.29. The van der Waals surface area contributed by atoms with Crippen molar-refractivity contribution in [3.8, 4) is 0 Å². The first kappa shape index (κ1) is 18.4. The highest BCUT2D eigenvalue weighted by molar-refractivity contribution is 7.89. The summed E-state index contributed by atoms with van der Waals surface area (Å²) in [5, 5.41) is 3.02. The summed E-state index contributed by atoms with van der Waals surface area (Å²) >= 11 is 0. The Hall–Kier alpha value is -1.40. The van der Waals surface area contributed by atoms with E-state index in [2.05, 4.69) is 5.32 Å². The lowest BCUT2D eigenvalue weighted by atomic mass is 9.97. The molecule has 1 aromatic carbocycles. The summed E-state index contributed by atoms with van der Waals surface area (Å²) in [4.78, 5) is 12.6. The third kappa shape index (κ3) is 4.06. The van der Waals surface area contributed by atoms with Crippen molar-refractivity contribution in [1.29, 1.82) is 0 Å². The van der Waals surface area contributed by atoms with Gasteiger partial charge in [0.1, 0.15) is 0 Å². The molecule has 2 fully saturated rings. The average molecular weight is 365 g/mol. The number of amides is 1. The molecule has 1 aliphatic heterocycles. The van der Waals surface area contributed by atoms with Crippen LogP contribution in [0.25, 0.3) is 0 Å². The van der Waals surface area contributed by atoms with E-state index >= 15 is 0 Å². The Morgan fingerprint density at radius 1 is 1.08 bits per heavy atom. The number of hydrogen-bond acceptors (Lipinski definition) is 3. The number of hydrogen-bond donors (Lipinski definition) is 1. The summed E-state index contributed by atoms with van der Waals surface area (Å²) in [6, 6.07) is 3.83. The number of carbonyl (C=O) groups excluding carboxylic acids is 1. The minimum absolute atomic E-state index is 0.0644. The normalized spacial score (nSPS) is 19.8. The van der Waals surface area contributed by atoms with Crippen LogP contribution in [0.5, 0.6) is 0 Å². The molecular formula is C19H28N2O3S. The second-order valence-corrected chi connectivity index (χ2v) is 9.47. The van der Waals surface area contributed by atoms with Crippen molar-refractivity contribution in [1.82, 2.24) is 9.62 Å². The predicted octanol–water partition coefficient (Wildman–Crippen LogP) is 2.54. The van der Waals surface area contributed by atoms with Crippen LogP contribution in [0.3, 0.4) is 0 Å². The quantitative estimate of drug-likeness (QED) is 0.873. The van der Waals surface area contributed by atoms with Gasteiger partial charge in [0.25, 0.3) is 0 Å². The van der Waals surface area contributed by atoms with Crippen LogP contribution >= 0.6 is 0 Å². The van der Waals surface area contributed by atoms with Gasteiger partial charge in [-0.3, -0.25) is 4.79 Å². The predicted molar refractivity (Wildman–Crippen MR) is 97.9 cm³/mol. The summed E-state index contributed by atoms with van der Waals surface area (Å²) in [5.41, 5.74) is 2.66. The van der Waals surface area contributed by atoms with Gasteiger partial charge in [0.2, 0.25) is 15.9 Å². The summed E-state index contributed by atoms with van der Waals surface area (Å²) in [5.74, 6) is 0.689. The maximum Gasteiger partial charge on any atom is 0.243 e. The molecule has 0 radical (unpaired) electrons. The van der Waals surface area contributed by atoms with E-state index in [1.807, 2.05) is 32.9 Å². The standard InChI is InChI=1S/C19H28N2O3S/c1-13-10-14(2)18(15(3)11-13)25(23,24)21-8-6-17(7-9-21)19(22)20-12-16-4-5-16/h10-11,16-17H,4-9,12H2,1-3H3,(H,20,22). The number of nitrogens with zero attached hydrogens (tertiary/aromatic N) is 1. The molecule has 25 heavy (non-hydrogen) atoms. The molecule has 0 atom stereocenters. The van der Waals surface area contributed by atoms with Gasteiger partial charge in [-0.15, -0.1) is 0 Å². The van der Waals surface area contributed by atoms with Gasteiger partial charge < -0.3 is 5.32 Å². The van der Waals surface area contributed by atoms with Crippen LogP contribution in [-0.4, -0.2) is 38.3 Å². The molecule has 1 aromatic rings. The van der Waals surface area contributed by atoms with Crippen molar-refractivity contribution in [2.24, 2.45) is 11.8 Å². The van der Waals surface area contributed by atoms with E-state index in [9.17, 15) is 13.2 Å². The lowest BCUT2D eigenvalue weighted by molar-refractivity contribution is -0.126. The van der Waals surface area contributed by atoms with Crippen LogP contribution in [0, 0.1) is 32.6 Å². The van der Waals surface area contributed by atoms with Gasteiger partial charge in [-0.25, -0.2) is 8.42 Å². The van der Waals surface area contributed by atoms with Crippen LogP contribution in [0.15, 0.2) is 17.0 Å². The van der Waals surface area contributed by atoms with Crippen molar-refractivity contribution < 1.29 is 13.2 Å². The molecule has 1 aliphatic carbocycles. The molecule has 1 N–H and O–H groups in total. The lowest BCUT2D eigenvalue weighted by Crippen LogP contribution is -2.43. The summed E-state index contributed by atoms with van der Waals surface area (Å²) in [6.45, 7) is 7.28. The van der Waals surface area contributed by atoms with Gasteiger partial charge in [0.05, 0.1) is 4.90 Å². The first-order valence-corrected chi connectivity index (χ1v) is 10.6. The number of nitrogens with one attached hydrogen (secondary N) is 1. The van der Waals surface area contributed by atoms with Gasteiger partial charge in [0.15, 0.2) is 0 Å². The molecule has 0 unspecified atom stereocenters. The van der Waals surface area contributed by atoms with Crippen molar-refractivity contribution >= 4 is 15.9 Å². The van der Waals surface area contributed by atoms with Crippen molar-refractivity contribution in [3.05, 3.63) is 28.8 Å². The smallest absolute Gasteiger partial charge is 0.243 e. The molecule has 0 aromatic heterocycles. The molecule has 1 saturated heterocycles. The zero-order chi connectivity index (χ0) is 18.2. The molecule has 0 bridgehead atoms. The maximum absolute atomic E-state index is 13.1. The molecule has 2 aliphatic rings. The number of benzene rings is 1. The first-order chi connectivity index (χ1) is 11.8. The molecule has 0 spiro atoms. The monoisotopic (exact) mass is 364 g/mol. The average Bonchev–Trinajstić information content (AvgIpc) is 3.35. The molecule has 1 heterocycles. The van der Waals surface area contributed by atoms with Crippen LogP contribution < -0.4 is 5.32 Å². The van der Waals surface area contributed by atoms with E-state index in [-0.39, 0.29) is 11.8 Å².